The van der Waals surface area contributed by atoms with E-state index in [1.54, 1.807) is 23.6 Å². The highest BCUT2D eigenvalue weighted by molar-refractivity contribution is 6.33. The Balaban J connectivity index is 1.52. The quantitative estimate of drug-likeness (QED) is 0.655. The van der Waals surface area contributed by atoms with Gasteiger partial charge in [0.15, 0.2) is 11.5 Å². The van der Waals surface area contributed by atoms with Crippen LogP contribution in [-0.4, -0.2) is 34.4 Å². The van der Waals surface area contributed by atoms with Gasteiger partial charge in [0, 0.05) is 13.6 Å². The van der Waals surface area contributed by atoms with E-state index in [0.29, 0.717) is 35.2 Å². The maximum absolute atomic E-state index is 13.0. The van der Waals surface area contributed by atoms with E-state index in [0.717, 1.165) is 16.9 Å². The number of hydrogen-bond acceptors (Lipinski definition) is 4. The van der Waals surface area contributed by atoms with Crippen molar-refractivity contribution >= 4 is 17.5 Å². The van der Waals surface area contributed by atoms with Crippen molar-refractivity contribution in [2.24, 2.45) is 0 Å². The van der Waals surface area contributed by atoms with Crippen LogP contribution in [0.3, 0.4) is 0 Å². The summed E-state index contributed by atoms with van der Waals surface area (Å²) in [4.78, 5) is 14.6. The molecule has 0 unspecified atom stereocenters. The zero-order valence-corrected chi connectivity index (χ0v) is 16.4. The minimum atomic E-state index is -0.167. The third kappa shape index (κ3) is 3.55. The van der Waals surface area contributed by atoms with Crippen LogP contribution in [-0.2, 0) is 13.1 Å². The fraction of sp³-hybridized carbons (Fsp3) is 0.238. The van der Waals surface area contributed by atoms with Crippen molar-refractivity contribution in [1.29, 1.82) is 0 Å². The van der Waals surface area contributed by atoms with Gasteiger partial charge in [-0.05, 0) is 30.2 Å². The fourth-order valence-electron chi connectivity index (χ4n) is 3.23. The normalized spacial score (nSPS) is 12.2. The number of nitrogens with zero attached hydrogens (tertiary/aromatic N) is 3. The number of rotatable bonds is 5. The average Bonchev–Trinajstić information content (AvgIpc) is 3.26. The number of halogens is 1. The molecule has 0 saturated heterocycles. The molecule has 1 aliphatic rings. The second-order valence-corrected chi connectivity index (χ2v) is 7.10. The van der Waals surface area contributed by atoms with Crippen LogP contribution in [0.2, 0.25) is 5.15 Å². The van der Waals surface area contributed by atoms with Crippen molar-refractivity contribution in [3.05, 3.63) is 76.1 Å². The first-order chi connectivity index (χ1) is 13.5. The lowest BCUT2D eigenvalue weighted by molar-refractivity contribution is 0.0784. The predicted octanol–water partition coefficient (Wildman–Crippen LogP) is 3.89. The summed E-state index contributed by atoms with van der Waals surface area (Å²) in [5, 5.41) is 4.81. The van der Waals surface area contributed by atoms with Crippen LogP contribution in [0.5, 0.6) is 11.5 Å². The Morgan fingerprint density at radius 2 is 1.89 bits per heavy atom. The molecule has 0 radical (unpaired) electrons. The molecule has 0 atom stereocenters. The summed E-state index contributed by atoms with van der Waals surface area (Å²) in [6.45, 7) is 2.97. The number of carbonyl (C=O) groups is 1. The number of ether oxygens (including phenoxy) is 2. The summed E-state index contributed by atoms with van der Waals surface area (Å²) in [6.07, 6.45) is 0. The number of benzene rings is 2. The van der Waals surface area contributed by atoms with Gasteiger partial charge >= 0.3 is 0 Å². The monoisotopic (exact) mass is 397 g/mol. The van der Waals surface area contributed by atoms with E-state index in [2.05, 4.69) is 5.10 Å². The molecule has 1 amide bonds. The van der Waals surface area contributed by atoms with Crippen LogP contribution < -0.4 is 9.47 Å². The molecule has 3 aromatic rings. The number of carbonyl (C=O) groups excluding carboxylic acids is 1. The summed E-state index contributed by atoms with van der Waals surface area (Å²) in [5.74, 6) is 1.25. The molecule has 1 aliphatic heterocycles. The Labute approximate surface area is 168 Å². The highest BCUT2D eigenvalue weighted by Crippen LogP contribution is 2.33. The first-order valence-electron chi connectivity index (χ1n) is 8.94. The van der Waals surface area contributed by atoms with Gasteiger partial charge in [-0.1, -0.05) is 48.0 Å². The van der Waals surface area contributed by atoms with Gasteiger partial charge < -0.3 is 14.4 Å². The molecule has 6 nitrogen and oxygen atoms in total. The molecule has 0 spiro atoms. The maximum atomic E-state index is 13.0. The smallest absolute Gasteiger partial charge is 0.258 e. The Kier molecular flexibility index (Phi) is 4.96. The van der Waals surface area contributed by atoms with Gasteiger partial charge in [-0.15, -0.1) is 0 Å². The van der Waals surface area contributed by atoms with E-state index in [4.69, 9.17) is 21.1 Å². The first-order valence-corrected chi connectivity index (χ1v) is 9.31. The molecule has 0 fully saturated rings. The predicted molar refractivity (Wildman–Crippen MR) is 106 cm³/mol. The second kappa shape index (κ2) is 7.56. The molecule has 2 heterocycles. The molecule has 0 saturated carbocycles. The number of amides is 1. The average molecular weight is 398 g/mol. The van der Waals surface area contributed by atoms with Crippen molar-refractivity contribution in [2.75, 3.05) is 13.8 Å². The van der Waals surface area contributed by atoms with Gasteiger partial charge in [0.1, 0.15) is 5.15 Å². The minimum absolute atomic E-state index is 0.167. The number of hydrogen-bond donors (Lipinski definition) is 0. The highest BCUT2D eigenvalue weighted by atomic mass is 35.5. The number of fused-ring (bicyclic) bond motifs is 1. The molecular weight excluding hydrogens is 378 g/mol. The summed E-state index contributed by atoms with van der Waals surface area (Å²) in [6, 6.07) is 15.5. The van der Waals surface area contributed by atoms with Crippen molar-refractivity contribution in [2.45, 2.75) is 20.0 Å². The fourth-order valence-corrected chi connectivity index (χ4v) is 3.55. The van der Waals surface area contributed by atoms with Crippen LogP contribution in [0.4, 0.5) is 0 Å². The lowest BCUT2D eigenvalue weighted by atomic mass is 10.1. The topological polar surface area (TPSA) is 56.6 Å². The number of aromatic nitrogens is 2. The van der Waals surface area contributed by atoms with Gasteiger partial charge in [0.05, 0.1) is 17.8 Å². The van der Waals surface area contributed by atoms with Crippen LogP contribution in [0, 0.1) is 6.92 Å². The molecule has 0 aliphatic carbocycles. The van der Waals surface area contributed by atoms with E-state index in [9.17, 15) is 4.79 Å². The van der Waals surface area contributed by atoms with Gasteiger partial charge in [0.25, 0.3) is 5.91 Å². The van der Waals surface area contributed by atoms with Crippen LogP contribution in [0.1, 0.15) is 27.2 Å². The molecular formula is C21H20ClN3O3. The van der Waals surface area contributed by atoms with E-state index in [-0.39, 0.29) is 12.7 Å². The molecule has 0 bridgehead atoms. The SMILES string of the molecule is Cc1nn(Cc2ccccc2)c(Cl)c1C(=O)N(C)Cc1ccc2c(c1)OCO2. The molecule has 0 N–H and O–H groups in total. The third-order valence-electron chi connectivity index (χ3n) is 4.66. The third-order valence-corrected chi connectivity index (χ3v) is 5.04. The van der Waals surface area contributed by atoms with Crippen molar-refractivity contribution < 1.29 is 14.3 Å². The Bertz CT molecular complexity index is 1020. The zero-order valence-electron chi connectivity index (χ0n) is 15.7. The van der Waals surface area contributed by atoms with E-state index >= 15 is 0 Å². The van der Waals surface area contributed by atoms with Crippen LogP contribution >= 0.6 is 11.6 Å². The summed E-state index contributed by atoms with van der Waals surface area (Å²) < 4.78 is 12.4. The van der Waals surface area contributed by atoms with Gasteiger partial charge in [0.2, 0.25) is 6.79 Å². The molecule has 2 aromatic carbocycles. The minimum Gasteiger partial charge on any atom is -0.454 e. The van der Waals surface area contributed by atoms with E-state index < -0.39 is 0 Å². The largest absolute Gasteiger partial charge is 0.454 e. The zero-order chi connectivity index (χ0) is 19.7. The molecule has 7 heteroatoms. The lowest BCUT2D eigenvalue weighted by Gasteiger charge is -2.17. The lowest BCUT2D eigenvalue weighted by Crippen LogP contribution is -2.26. The second-order valence-electron chi connectivity index (χ2n) is 6.74. The standard InChI is InChI=1S/C21H20ClN3O3/c1-14-19(20(22)25(23-14)12-15-6-4-3-5-7-15)21(26)24(2)11-16-8-9-17-18(10-16)28-13-27-17/h3-10H,11-13H2,1-2H3. The molecule has 144 valence electrons. The Morgan fingerprint density at radius 3 is 2.68 bits per heavy atom. The van der Waals surface area contributed by atoms with Crippen molar-refractivity contribution in [3.8, 4) is 11.5 Å². The molecule has 28 heavy (non-hydrogen) atoms. The van der Waals surface area contributed by atoms with Gasteiger partial charge in [-0.25, -0.2) is 4.68 Å². The number of aryl methyl sites for hydroxylation is 1. The summed E-state index contributed by atoms with van der Waals surface area (Å²) in [5.41, 5.74) is 3.06. The summed E-state index contributed by atoms with van der Waals surface area (Å²) >= 11 is 6.51. The van der Waals surface area contributed by atoms with Crippen LogP contribution in [0.25, 0.3) is 0 Å². The van der Waals surface area contributed by atoms with E-state index in [1.807, 2.05) is 48.5 Å². The molecule has 1 aromatic heterocycles. The van der Waals surface area contributed by atoms with Crippen molar-refractivity contribution in [1.82, 2.24) is 14.7 Å². The Morgan fingerprint density at radius 1 is 1.14 bits per heavy atom. The van der Waals surface area contributed by atoms with Crippen molar-refractivity contribution in [3.63, 3.8) is 0 Å². The van der Waals surface area contributed by atoms with Crippen LogP contribution in [0.15, 0.2) is 48.5 Å². The maximum Gasteiger partial charge on any atom is 0.258 e. The molecule has 4 rings (SSSR count). The Hall–Kier alpha value is -2.99. The van der Waals surface area contributed by atoms with Gasteiger partial charge in [-0.3, -0.25) is 4.79 Å². The summed E-state index contributed by atoms with van der Waals surface area (Å²) in [7, 11) is 1.75. The first kappa shape index (κ1) is 18.4. The van der Waals surface area contributed by atoms with E-state index in [1.165, 1.54) is 0 Å². The highest BCUT2D eigenvalue weighted by Gasteiger charge is 2.24. The van der Waals surface area contributed by atoms with Gasteiger partial charge in [-0.2, -0.15) is 5.10 Å².